The molecule has 106 valence electrons. The lowest BCUT2D eigenvalue weighted by Gasteiger charge is -2.36. The normalized spacial score (nSPS) is 19.8. The van der Waals surface area contributed by atoms with Gasteiger partial charge in [-0.15, -0.1) is 0 Å². The molecule has 0 saturated carbocycles. The van der Waals surface area contributed by atoms with Crippen LogP contribution in [0.25, 0.3) is 0 Å². The molecule has 1 N–H and O–H groups in total. The molecule has 1 aliphatic heterocycles. The van der Waals surface area contributed by atoms with Gasteiger partial charge in [0.05, 0.1) is 0 Å². The summed E-state index contributed by atoms with van der Waals surface area (Å²) in [5, 5.41) is 3.80. The van der Waals surface area contributed by atoms with Gasteiger partial charge in [-0.3, -0.25) is 0 Å². The third kappa shape index (κ3) is 4.05. The van der Waals surface area contributed by atoms with Crippen LogP contribution in [0.15, 0.2) is 24.3 Å². The summed E-state index contributed by atoms with van der Waals surface area (Å²) in [5.41, 5.74) is 2.76. The first-order valence-electron chi connectivity index (χ1n) is 7.63. The zero-order valence-corrected chi connectivity index (χ0v) is 12.8. The van der Waals surface area contributed by atoms with Crippen molar-refractivity contribution in [2.45, 2.75) is 58.7 Å². The fourth-order valence-corrected chi connectivity index (χ4v) is 2.97. The smallest absolute Gasteiger partial charge is 0.0294 e. The zero-order valence-electron chi connectivity index (χ0n) is 12.8. The van der Waals surface area contributed by atoms with Crippen molar-refractivity contribution in [3.63, 3.8) is 0 Å². The van der Waals surface area contributed by atoms with Crippen molar-refractivity contribution < 1.29 is 0 Å². The van der Waals surface area contributed by atoms with E-state index in [9.17, 15) is 0 Å². The van der Waals surface area contributed by atoms with Crippen molar-refractivity contribution in [1.29, 1.82) is 0 Å². The molecule has 0 radical (unpaired) electrons. The molecule has 0 bridgehead atoms. The summed E-state index contributed by atoms with van der Waals surface area (Å²) in [6.07, 6.45) is 2.54. The highest BCUT2D eigenvalue weighted by atomic mass is 15.2. The van der Waals surface area contributed by atoms with Gasteiger partial charge < -0.3 is 10.2 Å². The zero-order chi connectivity index (χ0) is 13.8. The predicted molar refractivity (Wildman–Crippen MR) is 82.5 cm³/mol. The van der Waals surface area contributed by atoms with Crippen molar-refractivity contribution in [2.24, 2.45) is 0 Å². The van der Waals surface area contributed by atoms with Crippen LogP contribution in [0.5, 0.6) is 0 Å². The van der Waals surface area contributed by atoms with Gasteiger partial charge in [0, 0.05) is 18.1 Å². The van der Waals surface area contributed by atoms with Crippen LogP contribution in [-0.4, -0.2) is 30.1 Å². The first kappa shape index (κ1) is 14.5. The molecule has 2 rings (SSSR count). The molecule has 2 nitrogen and oxygen atoms in total. The minimum atomic E-state index is 0.454. The van der Waals surface area contributed by atoms with Crippen LogP contribution in [0.3, 0.4) is 0 Å². The summed E-state index contributed by atoms with van der Waals surface area (Å²) >= 11 is 0. The van der Waals surface area contributed by atoms with E-state index in [0.29, 0.717) is 18.1 Å². The minimum absolute atomic E-state index is 0.454. The SMILES string of the molecule is Cc1cccc([C@@H](C)NC2CCN(C(C)C)CC2)c1. The Kier molecular flexibility index (Phi) is 5.00. The van der Waals surface area contributed by atoms with Crippen molar-refractivity contribution in [3.05, 3.63) is 35.4 Å². The van der Waals surface area contributed by atoms with Crippen LogP contribution in [0.2, 0.25) is 0 Å². The Hall–Kier alpha value is -0.860. The first-order valence-corrected chi connectivity index (χ1v) is 7.63. The maximum absolute atomic E-state index is 3.80. The quantitative estimate of drug-likeness (QED) is 0.891. The van der Waals surface area contributed by atoms with Crippen LogP contribution in [0, 0.1) is 6.92 Å². The molecule has 1 saturated heterocycles. The number of aryl methyl sites for hydroxylation is 1. The predicted octanol–water partition coefficient (Wildman–Crippen LogP) is 3.52. The average Bonchev–Trinajstić information content (AvgIpc) is 2.39. The number of likely N-dealkylation sites (tertiary alicyclic amines) is 1. The van der Waals surface area contributed by atoms with E-state index in [1.807, 2.05) is 0 Å². The van der Waals surface area contributed by atoms with Crippen LogP contribution in [0.1, 0.15) is 50.8 Å². The molecule has 0 spiro atoms. The summed E-state index contributed by atoms with van der Waals surface area (Å²) in [5.74, 6) is 0. The molecule has 1 atom stereocenters. The molecular weight excluding hydrogens is 232 g/mol. The van der Waals surface area contributed by atoms with Crippen molar-refractivity contribution in [1.82, 2.24) is 10.2 Å². The number of hydrogen-bond acceptors (Lipinski definition) is 2. The second-order valence-electron chi connectivity index (χ2n) is 6.21. The highest BCUT2D eigenvalue weighted by Gasteiger charge is 2.21. The van der Waals surface area contributed by atoms with Gasteiger partial charge >= 0.3 is 0 Å². The van der Waals surface area contributed by atoms with Gasteiger partial charge in [-0.1, -0.05) is 29.8 Å². The van der Waals surface area contributed by atoms with Crippen molar-refractivity contribution in [3.8, 4) is 0 Å². The molecule has 1 aliphatic rings. The van der Waals surface area contributed by atoms with E-state index in [1.165, 1.54) is 37.1 Å². The molecule has 1 fully saturated rings. The van der Waals surface area contributed by atoms with Gasteiger partial charge in [0.25, 0.3) is 0 Å². The first-order chi connectivity index (χ1) is 9.06. The topological polar surface area (TPSA) is 15.3 Å². The molecule has 0 amide bonds. The fraction of sp³-hybridized carbons (Fsp3) is 0.647. The van der Waals surface area contributed by atoms with Gasteiger partial charge in [0.1, 0.15) is 0 Å². The van der Waals surface area contributed by atoms with Crippen LogP contribution in [0.4, 0.5) is 0 Å². The Morgan fingerprint density at radius 1 is 1.16 bits per heavy atom. The second kappa shape index (κ2) is 6.53. The third-order valence-corrected chi connectivity index (χ3v) is 4.29. The maximum atomic E-state index is 3.80. The fourth-order valence-electron chi connectivity index (χ4n) is 2.97. The second-order valence-corrected chi connectivity index (χ2v) is 6.21. The molecule has 2 heteroatoms. The Morgan fingerprint density at radius 2 is 1.84 bits per heavy atom. The Labute approximate surface area is 118 Å². The average molecular weight is 260 g/mol. The molecule has 1 aromatic rings. The van der Waals surface area contributed by atoms with Gasteiger partial charge in [-0.2, -0.15) is 0 Å². The van der Waals surface area contributed by atoms with Crippen LogP contribution in [-0.2, 0) is 0 Å². The Balaban J connectivity index is 1.85. The number of nitrogens with zero attached hydrogens (tertiary/aromatic N) is 1. The Bertz CT molecular complexity index is 392. The number of piperidine rings is 1. The molecule has 0 unspecified atom stereocenters. The monoisotopic (exact) mass is 260 g/mol. The molecule has 19 heavy (non-hydrogen) atoms. The number of benzene rings is 1. The van der Waals surface area contributed by atoms with Crippen molar-refractivity contribution >= 4 is 0 Å². The van der Waals surface area contributed by atoms with Gasteiger partial charge in [0.15, 0.2) is 0 Å². The van der Waals surface area contributed by atoms with E-state index in [2.05, 4.69) is 62.2 Å². The van der Waals surface area contributed by atoms with E-state index in [-0.39, 0.29) is 0 Å². The summed E-state index contributed by atoms with van der Waals surface area (Å²) in [6.45, 7) is 11.5. The molecule has 1 aromatic carbocycles. The van der Waals surface area contributed by atoms with E-state index in [1.54, 1.807) is 0 Å². The maximum Gasteiger partial charge on any atom is 0.0294 e. The van der Waals surface area contributed by atoms with Crippen molar-refractivity contribution in [2.75, 3.05) is 13.1 Å². The lowest BCUT2D eigenvalue weighted by molar-refractivity contribution is 0.157. The summed E-state index contributed by atoms with van der Waals surface area (Å²) in [7, 11) is 0. The highest BCUT2D eigenvalue weighted by Crippen LogP contribution is 2.19. The number of hydrogen-bond donors (Lipinski definition) is 1. The molecule has 1 heterocycles. The van der Waals surface area contributed by atoms with E-state index in [4.69, 9.17) is 0 Å². The molecule has 0 aromatic heterocycles. The molecular formula is C17H28N2. The van der Waals surface area contributed by atoms with Gasteiger partial charge in [-0.25, -0.2) is 0 Å². The standard InChI is InChI=1S/C17H28N2/c1-13(2)19-10-8-17(9-11-19)18-15(4)16-7-5-6-14(3)12-16/h5-7,12-13,15,17-18H,8-11H2,1-4H3/t15-/m1/s1. The summed E-state index contributed by atoms with van der Waals surface area (Å²) < 4.78 is 0. The van der Waals surface area contributed by atoms with Gasteiger partial charge in [-0.05, 0) is 59.2 Å². The van der Waals surface area contributed by atoms with Crippen LogP contribution < -0.4 is 5.32 Å². The summed E-state index contributed by atoms with van der Waals surface area (Å²) in [4.78, 5) is 2.58. The number of nitrogens with one attached hydrogen (secondary N) is 1. The van der Waals surface area contributed by atoms with E-state index < -0.39 is 0 Å². The van der Waals surface area contributed by atoms with E-state index >= 15 is 0 Å². The number of rotatable bonds is 4. The van der Waals surface area contributed by atoms with E-state index in [0.717, 1.165) is 0 Å². The lowest BCUT2D eigenvalue weighted by atomic mass is 10.00. The summed E-state index contributed by atoms with van der Waals surface area (Å²) in [6, 6.07) is 10.7. The van der Waals surface area contributed by atoms with Crippen LogP contribution >= 0.6 is 0 Å². The minimum Gasteiger partial charge on any atom is -0.307 e. The molecule has 0 aliphatic carbocycles. The highest BCUT2D eigenvalue weighted by molar-refractivity contribution is 5.24. The Morgan fingerprint density at radius 3 is 2.42 bits per heavy atom. The largest absolute Gasteiger partial charge is 0.307 e. The third-order valence-electron chi connectivity index (χ3n) is 4.29. The lowest BCUT2D eigenvalue weighted by Crippen LogP contribution is -2.45. The van der Waals surface area contributed by atoms with Gasteiger partial charge in [0.2, 0.25) is 0 Å².